The van der Waals surface area contributed by atoms with Crippen LogP contribution in [0.5, 0.6) is 10.9 Å². The number of aromatic nitrogens is 1. The van der Waals surface area contributed by atoms with Crippen LogP contribution < -0.4 is 9.47 Å². The first-order chi connectivity index (χ1) is 13.0. The lowest BCUT2D eigenvalue weighted by atomic mass is 10.1. The summed E-state index contributed by atoms with van der Waals surface area (Å²) in [5.74, 6) is 0.765. The minimum atomic E-state index is -3.40. The van der Waals surface area contributed by atoms with E-state index >= 15 is 0 Å². The Hall–Kier alpha value is -1.68. The molecule has 0 atom stereocenters. The first-order valence-corrected chi connectivity index (χ1v) is 11.7. The predicted octanol–water partition coefficient (Wildman–Crippen LogP) is 3.91. The minimum Gasteiger partial charge on any atom is -0.497 e. The van der Waals surface area contributed by atoms with Gasteiger partial charge in [-0.1, -0.05) is 11.3 Å². The van der Waals surface area contributed by atoms with Crippen molar-refractivity contribution in [1.82, 2.24) is 9.29 Å². The molecule has 144 valence electrons. The number of piperidine rings is 1. The van der Waals surface area contributed by atoms with E-state index in [0.717, 1.165) is 20.8 Å². The van der Waals surface area contributed by atoms with Gasteiger partial charge >= 0.3 is 0 Å². The summed E-state index contributed by atoms with van der Waals surface area (Å²) in [6.45, 7) is 2.84. The summed E-state index contributed by atoms with van der Waals surface area (Å²) in [6.07, 6.45) is 1.29. The number of fused-ring (bicyclic) bond motifs is 1. The fourth-order valence-corrected chi connectivity index (χ4v) is 6.84. The molecule has 3 heterocycles. The third kappa shape index (κ3) is 3.82. The molecule has 0 N–H and O–H groups in total. The number of ether oxygens (including phenoxy) is 2. The summed E-state index contributed by atoms with van der Waals surface area (Å²) in [7, 11) is -1.77. The van der Waals surface area contributed by atoms with Crippen molar-refractivity contribution in [2.75, 3.05) is 20.2 Å². The van der Waals surface area contributed by atoms with Crippen LogP contribution in [-0.4, -0.2) is 44.0 Å². The van der Waals surface area contributed by atoms with Crippen LogP contribution >= 0.6 is 22.7 Å². The van der Waals surface area contributed by atoms with Crippen LogP contribution in [0.15, 0.2) is 34.5 Å². The predicted molar refractivity (Wildman–Crippen MR) is 108 cm³/mol. The number of thiazole rings is 1. The van der Waals surface area contributed by atoms with Crippen LogP contribution in [-0.2, 0) is 10.0 Å². The molecule has 0 bridgehead atoms. The summed E-state index contributed by atoms with van der Waals surface area (Å²) < 4.78 is 39.7. The van der Waals surface area contributed by atoms with E-state index in [1.165, 1.54) is 22.7 Å². The zero-order chi connectivity index (χ0) is 19.0. The number of methoxy groups -OCH3 is 1. The molecule has 4 rings (SSSR count). The second-order valence-corrected chi connectivity index (χ2v) is 10.8. The summed E-state index contributed by atoms with van der Waals surface area (Å²) >= 11 is 2.81. The van der Waals surface area contributed by atoms with Gasteiger partial charge in [0.15, 0.2) is 0 Å². The fourth-order valence-electron chi connectivity index (χ4n) is 3.07. The van der Waals surface area contributed by atoms with Gasteiger partial charge in [-0.3, -0.25) is 0 Å². The molecule has 27 heavy (non-hydrogen) atoms. The Morgan fingerprint density at radius 3 is 2.59 bits per heavy atom. The monoisotopic (exact) mass is 424 g/mol. The fraction of sp³-hybridized carbons (Fsp3) is 0.389. The van der Waals surface area contributed by atoms with Gasteiger partial charge in [0.2, 0.25) is 0 Å². The van der Waals surface area contributed by atoms with Crippen LogP contribution in [0, 0.1) is 6.92 Å². The molecule has 1 aliphatic rings. The van der Waals surface area contributed by atoms with E-state index in [-0.39, 0.29) is 6.10 Å². The third-order valence-electron chi connectivity index (χ3n) is 4.55. The Bertz CT molecular complexity index is 1050. The second-order valence-electron chi connectivity index (χ2n) is 6.40. The largest absolute Gasteiger partial charge is 0.497 e. The molecule has 0 unspecified atom stereocenters. The van der Waals surface area contributed by atoms with E-state index in [0.29, 0.717) is 35.3 Å². The molecule has 0 spiro atoms. The number of hydrogen-bond acceptors (Lipinski definition) is 7. The first-order valence-electron chi connectivity index (χ1n) is 8.63. The Morgan fingerprint density at radius 1 is 1.15 bits per heavy atom. The molecule has 1 fully saturated rings. The Kier molecular flexibility index (Phi) is 5.11. The summed E-state index contributed by atoms with van der Waals surface area (Å²) in [5.41, 5.74) is 0.849. The number of aryl methyl sites for hydroxylation is 1. The van der Waals surface area contributed by atoms with Crippen molar-refractivity contribution in [1.29, 1.82) is 0 Å². The quantitative estimate of drug-likeness (QED) is 0.621. The van der Waals surface area contributed by atoms with Crippen LogP contribution in [0.25, 0.3) is 10.2 Å². The van der Waals surface area contributed by atoms with Crippen molar-refractivity contribution < 1.29 is 17.9 Å². The highest BCUT2D eigenvalue weighted by molar-refractivity contribution is 7.91. The molecule has 0 amide bonds. The lowest BCUT2D eigenvalue weighted by molar-refractivity contribution is 0.135. The topological polar surface area (TPSA) is 68.7 Å². The highest BCUT2D eigenvalue weighted by Gasteiger charge is 2.31. The average molecular weight is 425 g/mol. The highest BCUT2D eigenvalue weighted by atomic mass is 32.2. The number of nitrogens with zero attached hydrogens (tertiary/aromatic N) is 2. The van der Waals surface area contributed by atoms with Gasteiger partial charge in [0, 0.05) is 24.0 Å². The van der Waals surface area contributed by atoms with E-state index in [4.69, 9.17) is 9.47 Å². The molecular weight excluding hydrogens is 404 g/mol. The molecule has 1 aliphatic heterocycles. The SMILES string of the molecule is COc1ccc2sc(OC3CCN(S(=O)(=O)c4ccc(C)s4)CC3)nc2c1. The Morgan fingerprint density at radius 2 is 1.93 bits per heavy atom. The van der Waals surface area contributed by atoms with Gasteiger partial charge < -0.3 is 9.47 Å². The van der Waals surface area contributed by atoms with Gasteiger partial charge in [-0.25, -0.2) is 13.4 Å². The number of thiophene rings is 1. The number of hydrogen-bond donors (Lipinski definition) is 0. The minimum absolute atomic E-state index is 0.0241. The maximum atomic E-state index is 12.7. The van der Waals surface area contributed by atoms with Gasteiger partial charge in [0.25, 0.3) is 15.2 Å². The number of rotatable bonds is 5. The third-order valence-corrected chi connectivity index (χ3v) is 8.85. The van der Waals surface area contributed by atoms with Crippen molar-refractivity contribution in [3.05, 3.63) is 35.2 Å². The Balaban J connectivity index is 1.41. The Labute approximate surface area is 166 Å². The number of sulfonamides is 1. The maximum Gasteiger partial charge on any atom is 0.274 e. The average Bonchev–Trinajstić information content (AvgIpc) is 3.27. The summed E-state index contributed by atoms with van der Waals surface area (Å²) in [5, 5.41) is 0.619. The lowest BCUT2D eigenvalue weighted by Crippen LogP contribution is -2.41. The van der Waals surface area contributed by atoms with E-state index < -0.39 is 10.0 Å². The second kappa shape index (κ2) is 7.38. The molecule has 6 nitrogen and oxygen atoms in total. The molecule has 2 aromatic heterocycles. The van der Waals surface area contributed by atoms with E-state index in [1.807, 2.05) is 31.2 Å². The van der Waals surface area contributed by atoms with Crippen LogP contribution in [0.4, 0.5) is 0 Å². The van der Waals surface area contributed by atoms with Crippen molar-refractivity contribution in [2.45, 2.75) is 30.1 Å². The summed E-state index contributed by atoms with van der Waals surface area (Å²) in [4.78, 5) is 5.52. The molecule has 3 aromatic rings. The van der Waals surface area contributed by atoms with Gasteiger partial charge in [0.05, 0.1) is 17.3 Å². The molecule has 0 aliphatic carbocycles. The lowest BCUT2D eigenvalue weighted by Gasteiger charge is -2.30. The van der Waals surface area contributed by atoms with Gasteiger partial charge in [-0.2, -0.15) is 4.31 Å². The standard InChI is InChI=1S/C18H20N2O4S3/c1-12-3-6-17(25-12)27(21,22)20-9-7-13(8-10-20)24-18-19-15-11-14(23-2)4-5-16(15)26-18/h3-6,11,13H,7-10H2,1-2H3. The van der Waals surface area contributed by atoms with Crippen molar-refractivity contribution in [3.8, 4) is 10.9 Å². The molecule has 0 radical (unpaired) electrons. The molecular formula is C18H20N2O4S3. The zero-order valence-electron chi connectivity index (χ0n) is 15.0. The van der Waals surface area contributed by atoms with E-state index in [2.05, 4.69) is 4.98 Å². The highest BCUT2D eigenvalue weighted by Crippen LogP contribution is 2.33. The van der Waals surface area contributed by atoms with Crippen LogP contribution in [0.1, 0.15) is 17.7 Å². The maximum absolute atomic E-state index is 12.7. The molecule has 1 aromatic carbocycles. The van der Waals surface area contributed by atoms with Crippen molar-refractivity contribution in [3.63, 3.8) is 0 Å². The molecule has 0 saturated carbocycles. The number of benzene rings is 1. The normalized spacial score (nSPS) is 16.7. The smallest absolute Gasteiger partial charge is 0.274 e. The van der Waals surface area contributed by atoms with Gasteiger partial charge in [-0.15, -0.1) is 11.3 Å². The van der Waals surface area contributed by atoms with Gasteiger partial charge in [-0.05, 0) is 44.0 Å². The first kappa shape index (κ1) is 18.7. The summed E-state index contributed by atoms with van der Waals surface area (Å²) in [6, 6.07) is 9.29. The van der Waals surface area contributed by atoms with Crippen LogP contribution in [0.3, 0.4) is 0 Å². The van der Waals surface area contributed by atoms with Crippen molar-refractivity contribution in [2.24, 2.45) is 0 Å². The zero-order valence-corrected chi connectivity index (χ0v) is 17.5. The van der Waals surface area contributed by atoms with E-state index in [1.54, 1.807) is 17.5 Å². The van der Waals surface area contributed by atoms with Gasteiger partial charge in [0.1, 0.15) is 16.1 Å². The van der Waals surface area contributed by atoms with E-state index in [9.17, 15) is 8.42 Å². The molecule has 9 heteroatoms. The molecule has 1 saturated heterocycles. The van der Waals surface area contributed by atoms with Crippen LogP contribution in [0.2, 0.25) is 0 Å². The van der Waals surface area contributed by atoms with Crippen molar-refractivity contribution >= 4 is 42.9 Å².